The van der Waals surface area contributed by atoms with Gasteiger partial charge in [-0.25, -0.2) is 0 Å². The number of pyridine rings is 1. The van der Waals surface area contributed by atoms with E-state index < -0.39 is 0 Å². The summed E-state index contributed by atoms with van der Waals surface area (Å²) in [7, 11) is 0. The van der Waals surface area contributed by atoms with Gasteiger partial charge in [0, 0.05) is 47.4 Å². The van der Waals surface area contributed by atoms with Crippen LogP contribution in [-0.4, -0.2) is 21.7 Å². The van der Waals surface area contributed by atoms with Gasteiger partial charge in [-0.1, -0.05) is 18.2 Å². The van der Waals surface area contributed by atoms with Gasteiger partial charge in [-0.3, -0.25) is 10.1 Å². The van der Waals surface area contributed by atoms with Crippen LogP contribution in [-0.2, 0) is 6.54 Å². The lowest BCUT2D eigenvalue weighted by Crippen LogP contribution is -2.25. The molecular weight excluding hydrogens is 272 g/mol. The van der Waals surface area contributed by atoms with Gasteiger partial charge >= 0.3 is 0 Å². The summed E-state index contributed by atoms with van der Waals surface area (Å²) in [5, 5.41) is 7.34. The highest BCUT2D eigenvalue weighted by Gasteiger charge is 2.23. The summed E-state index contributed by atoms with van der Waals surface area (Å²) in [6, 6.07) is 10.8. The molecule has 3 aromatic rings. The van der Waals surface area contributed by atoms with E-state index in [1.165, 1.54) is 27.9 Å². The summed E-state index contributed by atoms with van der Waals surface area (Å²) in [4.78, 5) is 6.80. The van der Waals surface area contributed by atoms with Gasteiger partial charge in [0.15, 0.2) is 0 Å². The number of nitrogens with zero attached hydrogens (tertiary/aromatic N) is 3. The van der Waals surface area contributed by atoms with E-state index in [2.05, 4.69) is 58.2 Å². The van der Waals surface area contributed by atoms with Crippen LogP contribution in [0.3, 0.4) is 0 Å². The van der Waals surface area contributed by atoms with E-state index in [0.29, 0.717) is 0 Å². The van der Waals surface area contributed by atoms with Crippen molar-refractivity contribution < 1.29 is 0 Å². The largest absolute Gasteiger partial charge is 0.367 e. The van der Waals surface area contributed by atoms with Gasteiger partial charge in [0.25, 0.3) is 0 Å². The SMILES string of the molecule is CCN1Cc2cn[nH]c2-c2ccc(-c3cccnc3C)cc21. The first-order valence-corrected chi connectivity index (χ1v) is 7.61. The van der Waals surface area contributed by atoms with Gasteiger partial charge in [0.05, 0.1) is 11.9 Å². The highest BCUT2D eigenvalue weighted by atomic mass is 15.2. The Bertz CT molecular complexity index is 835. The molecule has 0 spiro atoms. The van der Waals surface area contributed by atoms with Gasteiger partial charge < -0.3 is 4.90 Å². The Morgan fingerprint density at radius 2 is 2.14 bits per heavy atom. The molecule has 22 heavy (non-hydrogen) atoms. The van der Waals surface area contributed by atoms with Crippen molar-refractivity contribution in [3.8, 4) is 22.4 Å². The number of benzene rings is 1. The first-order chi connectivity index (χ1) is 10.8. The molecule has 0 saturated carbocycles. The summed E-state index contributed by atoms with van der Waals surface area (Å²) in [6.07, 6.45) is 3.77. The number of nitrogens with one attached hydrogen (secondary N) is 1. The van der Waals surface area contributed by atoms with E-state index in [4.69, 9.17) is 0 Å². The number of aromatic amines is 1. The number of hydrogen-bond acceptors (Lipinski definition) is 3. The third kappa shape index (κ3) is 1.91. The molecule has 2 aromatic heterocycles. The van der Waals surface area contributed by atoms with Crippen LogP contribution in [0.25, 0.3) is 22.4 Å². The van der Waals surface area contributed by atoms with Crippen molar-refractivity contribution in [2.75, 3.05) is 11.4 Å². The highest BCUT2D eigenvalue weighted by molar-refractivity contribution is 5.85. The second-order valence-electron chi connectivity index (χ2n) is 5.65. The molecule has 0 atom stereocenters. The van der Waals surface area contributed by atoms with E-state index >= 15 is 0 Å². The number of anilines is 1. The first kappa shape index (κ1) is 13.1. The predicted octanol–water partition coefficient (Wildman–Crippen LogP) is 3.79. The van der Waals surface area contributed by atoms with Gasteiger partial charge in [0.1, 0.15) is 0 Å². The van der Waals surface area contributed by atoms with Crippen LogP contribution in [0.15, 0.2) is 42.7 Å². The lowest BCUT2D eigenvalue weighted by molar-refractivity contribution is 0.824. The van der Waals surface area contributed by atoms with Crippen LogP contribution in [0.5, 0.6) is 0 Å². The molecule has 1 aromatic carbocycles. The maximum Gasteiger partial charge on any atom is 0.0720 e. The average molecular weight is 290 g/mol. The maximum atomic E-state index is 4.40. The van der Waals surface area contributed by atoms with Crippen LogP contribution in [0.2, 0.25) is 0 Å². The summed E-state index contributed by atoms with van der Waals surface area (Å²) in [6.45, 7) is 6.13. The van der Waals surface area contributed by atoms with Crippen LogP contribution in [0.4, 0.5) is 5.69 Å². The van der Waals surface area contributed by atoms with E-state index in [-0.39, 0.29) is 0 Å². The third-order valence-corrected chi connectivity index (χ3v) is 4.39. The molecule has 1 aliphatic rings. The third-order valence-electron chi connectivity index (χ3n) is 4.39. The Labute approximate surface area is 129 Å². The van der Waals surface area contributed by atoms with E-state index in [9.17, 15) is 0 Å². The van der Waals surface area contributed by atoms with Crippen LogP contribution >= 0.6 is 0 Å². The Morgan fingerprint density at radius 1 is 1.23 bits per heavy atom. The van der Waals surface area contributed by atoms with Crippen molar-refractivity contribution >= 4 is 5.69 Å². The smallest absolute Gasteiger partial charge is 0.0720 e. The molecule has 1 aliphatic heterocycles. The van der Waals surface area contributed by atoms with Crippen molar-refractivity contribution in [3.05, 3.63) is 54.0 Å². The molecule has 0 radical (unpaired) electrons. The number of aryl methyl sites for hydroxylation is 1. The Hall–Kier alpha value is -2.62. The zero-order valence-corrected chi connectivity index (χ0v) is 12.8. The molecule has 4 nitrogen and oxygen atoms in total. The van der Waals surface area contributed by atoms with Crippen LogP contribution in [0, 0.1) is 6.92 Å². The molecule has 1 N–H and O–H groups in total. The predicted molar refractivity (Wildman–Crippen MR) is 88.7 cm³/mol. The molecule has 0 fully saturated rings. The van der Waals surface area contributed by atoms with Crippen LogP contribution in [0.1, 0.15) is 18.2 Å². The summed E-state index contributed by atoms with van der Waals surface area (Å²) >= 11 is 0. The quantitative estimate of drug-likeness (QED) is 0.781. The van der Waals surface area contributed by atoms with Crippen molar-refractivity contribution in [1.82, 2.24) is 15.2 Å². The topological polar surface area (TPSA) is 44.8 Å². The summed E-state index contributed by atoms with van der Waals surface area (Å²) < 4.78 is 0. The second-order valence-corrected chi connectivity index (χ2v) is 5.65. The highest BCUT2D eigenvalue weighted by Crippen LogP contribution is 2.40. The molecule has 0 aliphatic carbocycles. The fourth-order valence-electron chi connectivity index (χ4n) is 3.20. The van der Waals surface area contributed by atoms with E-state index in [1.54, 1.807) is 0 Å². The monoisotopic (exact) mass is 290 g/mol. The fraction of sp³-hybridized carbons (Fsp3) is 0.222. The normalized spacial score (nSPS) is 12.9. The zero-order chi connectivity index (χ0) is 15.1. The lowest BCUT2D eigenvalue weighted by atomic mass is 9.95. The minimum absolute atomic E-state index is 0.908. The molecule has 3 heterocycles. The molecular formula is C18H18N4. The maximum absolute atomic E-state index is 4.40. The minimum Gasteiger partial charge on any atom is -0.367 e. The second kappa shape index (κ2) is 4.98. The van der Waals surface area contributed by atoms with Crippen molar-refractivity contribution in [1.29, 1.82) is 0 Å². The Balaban J connectivity index is 1.89. The molecule has 4 heteroatoms. The average Bonchev–Trinajstić information content (AvgIpc) is 3.02. The van der Waals surface area contributed by atoms with Gasteiger partial charge in [-0.05, 0) is 31.5 Å². The summed E-state index contributed by atoms with van der Waals surface area (Å²) in [5.74, 6) is 0. The van der Waals surface area contributed by atoms with Crippen molar-refractivity contribution in [3.63, 3.8) is 0 Å². The molecule has 0 amide bonds. The standard InChI is InChI=1S/C18H18N4/c1-3-22-11-14-10-20-21-18(14)16-7-6-13(9-17(16)22)15-5-4-8-19-12(15)2/h4-10H,3,11H2,1-2H3,(H,20,21). The van der Waals surface area contributed by atoms with Gasteiger partial charge in [-0.2, -0.15) is 5.10 Å². The molecule has 4 rings (SSSR count). The molecule has 0 saturated heterocycles. The van der Waals surface area contributed by atoms with E-state index in [0.717, 1.165) is 24.5 Å². The Morgan fingerprint density at radius 3 is 2.95 bits per heavy atom. The van der Waals surface area contributed by atoms with Gasteiger partial charge in [-0.15, -0.1) is 0 Å². The Kier molecular flexibility index (Phi) is 2.96. The van der Waals surface area contributed by atoms with Crippen molar-refractivity contribution in [2.45, 2.75) is 20.4 Å². The van der Waals surface area contributed by atoms with Gasteiger partial charge in [0.2, 0.25) is 0 Å². The number of rotatable bonds is 2. The number of hydrogen-bond donors (Lipinski definition) is 1. The number of fused-ring (bicyclic) bond motifs is 3. The molecule has 0 unspecified atom stereocenters. The number of aromatic nitrogens is 3. The lowest BCUT2D eigenvalue weighted by Gasteiger charge is -2.30. The van der Waals surface area contributed by atoms with Crippen LogP contribution < -0.4 is 4.90 Å². The fourth-order valence-corrected chi connectivity index (χ4v) is 3.20. The molecule has 110 valence electrons. The minimum atomic E-state index is 0.908. The zero-order valence-electron chi connectivity index (χ0n) is 12.8. The van der Waals surface area contributed by atoms with Crippen molar-refractivity contribution in [2.24, 2.45) is 0 Å². The van der Waals surface area contributed by atoms with E-state index in [1.807, 2.05) is 18.5 Å². The molecule has 0 bridgehead atoms. The number of H-pyrrole nitrogens is 1. The summed E-state index contributed by atoms with van der Waals surface area (Å²) in [5.41, 5.74) is 8.37. The first-order valence-electron chi connectivity index (χ1n) is 7.61.